The number of H-pyrrole nitrogens is 1. The van der Waals surface area contributed by atoms with Crippen LogP contribution in [-0.4, -0.2) is 31.6 Å². The van der Waals surface area contributed by atoms with Gasteiger partial charge < -0.3 is 10.2 Å². The number of halogens is 9. The molecule has 38 heavy (non-hydrogen) atoms. The standard InChI is InChI=1S/C22H18F9N7/c23-20(24,25)12-5-10(6-13(7-12)21(26,27)28)9-38(19-34-36-37-35-19)16-8-15(11-1-2-11)32-14-3-4-17(22(29,30)31)33-18(14)16/h3-7,11,15-16,32H,1-2,8-9H2,(H,34,35,36,37)/t15-,16-/m1/s1. The molecule has 0 bridgehead atoms. The van der Waals surface area contributed by atoms with Gasteiger partial charge in [-0.2, -0.15) is 44.7 Å². The maximum absolute atomic E-state index is 13.5. The summed E-state index contributed by atoms with van der Waals surface area (Å²) in [6.45, 7) is -0.591. The lowest BCUT2D eigenvalue weighted by molar-refractivity contribution is -0.143. The van der Waals surface area contributed by atoms with Crippen molar-refractivity contribution in [3.8, 4) is 0 Å². The van der Waals surface area contributed by atoms with Gasteiger partial charge in [0.25, 0.3) is 5.95 Å². The molecule has 3 heterocycles. The molecule has 2 aromatic heterocycles. The first-order chi connectivity index (χ1) is 17.7. The summed E-state index contributed by atoms with van der Waals surface area (Å²) in [6.07, 6.45) is -13.1. The molecule has 2 aliphatic rings. The highest BCUT2D eigenvalue weighted by atomic mass is 19.4. The van der Waals surface area contributed by atoms with Gasteiger partial charge in [0.15, 0.2) is 0 Å². The van der Waals surface area contributed by atoms with Gasteiger partial charge in [-0.05, 0) is 66.3 Å². The summed E-state index contributed by atoms with van der Waals surface area (Å²) in [4.78, 5) is 5.01. The summed E-state index contributed by atoms with van der Waals surface area (Å²) >= 11 is 0. The van der Waals surface area contributed by atoms with Crippen molar-refractivity contribution in [2.45, 2.75) is 56.4 Å². The van der Waals surface area contributed by atoms with Crippen LogP contribution in [0.15, 0.2) is 30.3 Å². The van der Waals surface area contributed by atoms with E-state index in [2.05, 4.69) is 30.9 Å². The van der Waals surface area contributed by atoms with E-state index < -0.39 is 53.5 Å². The Morgan fingerprint density at radius 1 is 0.868 bits per heavy atom. The predicted molar refractivity (Wildman–Crippen MR) is 114 cm³/mol. The lowest BCUT2D eigenvalue weighted by atomic mass is 9.92. The van der Waals surface area contributed by atoms with Crippen molar-refractivity contribution in [2.24, 2.45) is 5.92 Å². The van der Waals surface area contributed by atoms with Crippen LogP contribution in [0.4, 0.5) is 51.1 Å². The van der Waals surface area contributed by atoms with Crippen LogP contribution in [0.1, 0.15) is 53.4 Å². The molecule has 3 aromatic rings. The van der Waals surface area contributed by atoms with E-state index in [1.54, 1.807) is 0 Å². The highest BCUT2D eigenvalue weighted by Crippen LogP contribution is 2.46. The molecule has 204 valence electrons. The Labute approximate surface area is 208 Å². The van der Waals surface area contributed by atoms with Crippen LogP contribution in [0.2, 0.25) is 0 Å². The van der Waals surface area contributed by atoms with E-state index in [9.17, 15) is 39.5 Å². The Hall–Kier alpha value is -3.59. The van der Waals surface area contributed by atoms with Gasteiger partial charge in [0.2, 0.25) is 0 Å². The van der Waals surface area contributed by atoms with Crippen molar-refractivity contribution in [3.05, 3.63) is 58.4 Å². The minimum absolute atomic E-state index is 0.00229. The predicted octanol–water partition coefficient (Wildman–Crippen LogP) is 5.99. The molecule has 0 amide bonds. The monoisotopic (exact) mass is 551 g/mol. The van der Waals surface area contributed by atoms with Crippen LogP contribution in [0.5, 0.6) is 0 Å². The number of aromatic amines is 1. The molecule has 1 aliphatic carbocycles. The van der Waals surface area contributed by atoms with E-state index in [0.717, 1.165) is 18.9 Å². The van der Waals surface area contributed by atoms with Gasteiger partial charge in [0, 0.05) is 12.6 Å². The molecule has 1 aromatic carbocycles. The van der Waals surface area contributed by atoms with Gasteiger partial charge in [-0.3, -0.25) is 0 Å². The molecule has 0 spiro atoms. The molecule has 1 saturated carbocycles. The van der Waals surface area contributed by atoms with Crippen molar-refractivity contribution in [1.29, 1.82) is 0 Å². The second-order valence-corrected chi connectivity index (χ2v) is 9.22. The summed E-state index contributed by atoms with van der Waals surface area (Å²) in [6, 6.07) is 1.91. The van der Waals surface area contributed by atoms with E-state index in [1.165, 1.54) is 11.0 Å². The van der Waals surface area contributed by atoms with Crippen LogP contribution in [0, 0.1) is 5.92 Å². The van der Waals surface area contributed by atoms with E-state index in [1.807, 2.05) is 0 Å². The third-order valence-electron chi connectivity index (χ3n) is 6.51. The van der Waals surface area contributed by atoms with Crippen molar-refractivity contribution >= 4 is 11.6 Å². The Morgan fingerprint density at radius 3 is 2.05 bits per heavy atom. The van der Waals surface area contributed by atoms with E-state index >= 15 is 0 Å². The zero-order valence-electron chi connectivity index (χ0n) is 19.1. The van der Waals surface area contributed by atoms with E-state index in [-0.39, 0.29) is 41.8 Å². The van der Waals surface area contributed by atoms with Gasteiger partial charge in [-0.1, -0.05) is 5.10 Å². The molecular weight excluding hydrogens is 533 g/mol. The normalized spacial score (nSPS) is 20.1. The highest BCUT2D eigenvalue weighted by Gasteiger charge is 2.43. The maximum Gasteiger partial charge on any atom is 0.433 e. The van der Waals surface area contributed by atoms with Gasteiger partial charge in [0.1, 0.15) is 5.69 Å². The molecule has 0 saturated heterocycles. The Morgan fingerprint density at radius 2 is 1.53 bits per heavy atom. The van der Waals surface area contributed by atoms with Crippen LogP contribution in [0.3, 0.4) is 0 Å². The van der Waals surface area contributed by atoms with Crippen molar-refractivity contribution in [3.63, 3.8) is 0 Å². The lowest BCUT2D eigenvalue weighted by Crippen LogP contribution is -2.40. The number of nitrogens with one attached hydrogen (secondary N) is 2. The second-order valence-electron chi connectivity index (χ2n) is 9.22. The average molecular weight is 551 g/mol. The first-order valence-electron chi connectivity index (χ1n) is 11.3. The van der Waals surface area contributed by atoms with Gasteiger partial charge in [-0.15, -0.1) is 5.10 Å². The maximum atomic E-state index is 13.5. The zero-order chi connectivity index (χ0) is 27.5. The Kier molecular flexibility index (Phi) is 6.17. The number of fused-ring (bicyclic) bond motifs is 1. The number of nitrogens with zero attached hydrogens (tertiary/aromatic N) is 5. The largest absolute Gasteiger partial charge is 0.433 e. The summed E-state index contributed by atoms with van der Waals surface area (Å²) in [5.74, 6) is -0.0203. The molecule has 5 rings (SSSR count). The first-order valence-corrected chi connectivity index (χ1v) is 11.3. The number of benzene rings is 1. The highest BCUT2D eigenvalue weighted by molar-refractivity contribution is 5.56. The molecular formula is C22H18F9N7. The fraction of sp³-hybridized carbons (Fsp3) is 0.455. The van der Waals surface area contributed by atoms with E-state index in [4.69, 9.17) is 0 Å². The Bertz CT molecular complexity index is 1270. The van der Waals surface area contributed by atoms with Gasteiger partial charge >= 0.3 is 18.5 Å². The smallest absolute Gasteiger partial charge is 0.380 e. The SMILES string of the molecule is FC(F)(F)c1cc(CN(c2nn[nH]n2)[C@@H]2C[C@H](C3CC3)Nc3ccc(C(F)(F)F)nc32)cc(C(F)(F)F)c1. The second kappa shape index (κ2) is 9.01. The fourth-order valence-electron chi connectivity index (χ4n) is 4.61. The third kappa shape index (κ3) is 5.34. The molecule has 1 aliphatic heterocycles. The van der Waals surface area contributed by atoms with Crippen LogP contribution in [0.25, 0.3) is 0 Å². The fourth-order valence-corrected chi connectivity index (χ4v) is 4.61. The molecule has 2 atom stereocenters. The minimum Gasteiger partial charge on any atom is -0.380 e. The molecule has 2 N–H and O–H groups in total. The zero-order valence-corrected chi connectivity index (χ0v) is 19.1. The molecule has 0 radical (unpaired) electrons. The van der Waals surface area contributed by atoms with Crippen molar-refractivity contribution in [1.82, 2.24) is 25.6 Å². The number of anilines is 2. The molecule has 1 fully saturated rings. The average Bonchev–Trinajstić information content (AvgIpc) is 3.54. The quantitative estimate of drug-likeness (QED) is 0.379. The Balaban J connectivity index is 1.62. The summed E-state index contributed by atoms with van der Waals surface area (Å²) in [7, 11) is 0. The number of alkyl halides is 9. The summed E-state index contributed by atoms with van der Waals surface area (Å²) in [5, 5.41) is 16.4. The number of hydrogen-bond acceptors (Lipinski definition) is 6. The number of hydrogen-bond donors (Lipinski definition) is 2. The first kappa shape index (κ1) is 26.0. The lowest BCUT2D eigenvalue weighted by Gasteiger charge is -2.39. The summed E-state index contributed by atoms with van der Waals surface area (Å²) < 4.78 is 121. The molecule has 0 unspecified atom stereocenters. The van der Waals surface area contributed by atoms with Crippen LogP contribution in [-0.2, 0) is 25.1 Å². The number of pyridine rings is 1. The molecule has 16 heteroatoms. The van der Waals surface area contributed by atoms with Gasteiger partial charge in [-0.25, -0.2) is 4.98 Å². The number of tetrazole rings is 1. The van der Waals surface area contributed by atoms with Gasteiger partial charge in [0.05, 0.1) is 28.6 Å². The minimum atomic E-state index is -5.07. The third-order valence-corrected chi connectivity index (χ3v) is 6.51. The summed E-state index contributed by atoms with van der Waals surface area (Å²) in [5.41, 5.74) is -4.43. The van der Waals surface area contributed by atoms with Crippen molar-refractivity contribution < 1.29 is 39.5 Å². The number of aromatic nitrogens is 5. The van der Waals surface area contributed by atoms with Crippen molar-refractivity contribution in [2.75, 3.05) is 10.2 Å². The van der Waals surface area contributed by atoms with Crippen LogP contribution < -0.4 is 10.2 Å². The van der Waals surface area contributed by atoms with Crippen LogP contribution >= 0.6 is 0 Å². The van der Waals surface area contributed by atoms with E-state index in [0.29, 0.717) is 12.1 Å². The number of rotatable bonds is 5. The molecule has 7 nitrogen and oxygen atoms in total. The topological polar surface area (TPSA) is 82.6 Å².